The molecule has 6 atom stereocenters. The molecule has 0 aromatic rings. The van der Waals surface area contributed by atoms with Crippen LogP contribution in [0, 0.1) is 34.5 Å². The van der Waals surface area contributed by atoms with Crippen molar-refractivity contribution in [2.45, 2.75) is 59.3 Å². The van der Waals surface area contributed by atoms with Gasteiger partial charge < -0.3 is 14.4 Å². The van der Waals surface area contributed by atoms with E-state index in [0.717, 1.165) is 37.7 Å². The summed E-state index contributed by atoms with van der Waals surface area (Å²) >= 11 is 0. The topological polar surface area (TPSA) is 72.9 Å². The molecule has 0 N–H and O–H groups in total. The highest BCUT2D eigenvalue weighted by Gasteiger charge is 2.62. The number of ketones is 1. The van der Waals surface area contributed by atoms with E-state index in [-0.39, 0.29) is 46.8 Å². The maximum Gasteiger partial charge on any atom is 0.330 e. The lowest BCUT2D eigenvalue weighted by molar-refractivity contribution is -0.178. The number of hydrogen-bond acceptors (Lipinski definition) is 6. The number of carbonyl (C=O) groups excluding carboxylic acids is 3. The number of likely N-dealkylation sites (N-methyl/N-ethyl adjacent to an activating group) is 1. The molecule has 0 bridgehead atoms. The molecule has 0 aliphatic heterocycles. The van der Waals surface area contributed by atoms with Crippen LogP contribution < -0.4 is 0 Å². The summed E-state index contributed by atoms with van der Waals surface area (Å²) in [4.78, 5) is 40.4. The molecule has 0 saturated heterocycles. The van der Waals surface area contributed by atoms with Gasteiger partial charge in [-0.1, -0.05) is 25.8 Å². The molecule has 0 heterocycles. The van der Waals surface area contributed by atoms with Crippen LogP contribution in [-0.4, -0.2) is 57.0 Å². The first kappa shape index (κ1) is 24.0. The zero-order valence-corrected chi connectivity index (χ0v) is 20.0. The molecule has 0 amide bonds. The number of esters is 2. The number of methoxy groups -OCH3 is 1. The first-order valence-electron chi connectivity index (χ1n) is 11.7. The first-order valence-corrected chi connectivity index (χ1v) is 11.7. The molecule has 0 aromatic carbocycles. The van der Waals surface area contributed by atoms with Crippen LogP contribution in [0.5, 0.6) is 0 Å². The second kappa shape index (κ2) is 9.05. The minimum absolute atomic E-state index is 0.0173. The number of nitrogens with zero attached hydrogens (tertiary/aromatic N) is 1. The predicted octanol–water partition coefficient (Wildman–Crippen LogP) is 3.64. The summed E-state index contributed by atoms with van der Waals surface area (Å²) in [6.07, 6.45) is 6.52. The fourth-order valence-electron chi connectivity index (χ4n) is 6.91. The number of carbonyl (C=O) groups is 3. The Bertz CT molecular complexity index is 759. The van der Waals surface area contributed by atoms with Gasteiger partial charge in [-0.05, 0) is 69.9 Å². The van der Waals surface area contributed by atoms with Gasteiger partial charge in [0, 0.05) is 25.0 Å². The summed E-state index contributed by atoms with van der Waals surface area (Å²) in [6.45, 7) is 7.42. The average molecular weight is 434 g/mol. The molecule has 3 rings (SSSR count). The number of ether oxygens (including phenoxy) is 2. The third-order valence-corrected chi connectivity index (χ3v) is 8.64. The van der Waals surface area contributed by atoms with E-state index in [1.165, 1.54) is 7.11 Å². The molecule has 0 radical (unpaired) electrons. The van der Waals surface area contributed by atoms with Crippen molar-refractivity contribution in [1.82, 2.24) is 4.90 Å². The minimum atomic E-state index is -0.599. The molecule has 0 aromatic heterocycles. The lowest BCUT2D eigenvalue weighted by Crippen LogP contribution is -2.59. The number of rotatable bonds is 5. The van der Waals surface area contributed by atoms with Crippen LogP contribution in [0.3, 0.4) is 0 Å². The molecule has 6 heteroatoms. The second-order valence-corrected chi connectivity index (χ2v) is 10.6. The summed E-state index contributed by atoms with van der Waals surface area (Å²) in [5.41, 5.74) is 0.363. The van der Waals surface area contributed by atoms with Crippen molar-refractivity contribution >= 4 is 17.7 Å². The van der Waals surface area contributed by atoms with E-state index in [1.807, 2.05) is 25.9 Å². The van der Waals surface area contributed by atoms with Crippen molar-refractivity contribution in [3.8, 4) is 0 Å². The normalized spacial score (nSPS) is 39.1. The second-order valence-electron chi connectivity index (χ2n) is 10.6. The standard InChI is InChI=1S/C25H39NO5/c1-16-17(14-21(28)31-13-12-26(4)5)8-9-18-22(16)19(27)15-20-24(18,2)10-7-11-25(20,3)23(29)30-6/h14,16,18,20,22H,7-13,15H2,1-6H3/t16-,18-,20-,22-,24+,25-/m0/s1. The first-order chi connectivity index (χ1) is 14.5. The van der Waals surface area contributed by atoms with Crippen molar-refractivity contribution in [2.24, 2.45) is 34.5 Å². The lowest BCUT2D eigenvalue weighted by Gasteiger charge is -2.60. The van der Waals surface area contributed by atoms with Gasteiger partial charge in [0.1, 0.15) is 12.4 Å². The van der Waals surface area contributed by atoms with Gasteiger partial charge in [0.2, 0.25) is 0 Å². The van der Waals surface area contributed by atoms with Crippen LogP contribution in [0.4, 0.5) is 0 Å². The van der Waals surface area contributed by atoms with Crippen molar-refractivity contribution in [1.29, 1.82) is 0 Å². The van der Waals surface area contributed by atoms with Gasteiger partial charge in [0.25, 0.3) is 0 Å². The Kier molecular flexibility index (Phi) is 6.99. The van der Waals surface area contributed by atoms with E-state index in [2.05, 4.69) is 13.8 Å². The van der Waals surface area contributed by atoms with Gasteiger partial charge in [-0.3, -0.25) is 9.59 Å². The largest absolute Gasteiger partial charge is 0.469 e. The van der Waals surface area contributed by atoms with Crippen molar-refractivity contribution in [2.75, 3.05) is 34.4 Å². The maximum absolute atomic E-state index is 13.4. The highest BCUT2D eigenvalue weighted by atomic mass is 16.5. The molecular weight excluding hydrogens is 394 g/mol. The fourth-order valence-corrected chi connectivity index (χ4v) is 6.91. The third kappa shape index (κ3) is 4.33. The van der Waals surface area contributed by atoms with Gasteiger partial charge in [0.05, 0.1) is 12.5 Å². The summed E-state index contributed by atoms with van der Waals surface area (Å²) < 4.78 is 10.5. The highest BCUT2D eigenvalue weighted by Crippen LogP contribution is 2.64. The number of Topliss-reactive ketones (excluding diaryl/α,β-unsaturated/α-hetero) is 1. The van der Waals surface area contributed by atoms with Crippen LogP contribution in [0.25, 0.3) is 0 Å². The Morgan fingerprint density at radius 1 is 1.23 bits per heavy atom. The Balaban J connectivity index is 1.81. The van der Waals surface area contributed by atoms with Crippen LogP contribution >= 0.6 is 0 Å². The fraction of sp³-hybridized carbons (Fsp3) is 0.800. The molecule has 3 aliphatic rings. The summed E-state index contributed by atoms with van der Waals surface area (Å²) in [7, 11) is 5.33. The predicted molar refractivity (Wildman–Crippen MR) is 118 cm³/mol. The molecule has 174 valence electrons. The van der Waals surface area contributed by atoms with E-state index in [4.69, 9.17) is 9.47 Å². The monoisotopic (exact) mass is 433 g/mol. The lowest BCUT2D eigenvalue weighted by atomic mass is 9.43. The molecule has 0 spiro atoms. The Morgan fingerprint density at radius 3 is 2.58 bits per heavy atom. The summed E-state index contributed by atoms with van der Waals surface area (Å²) in [6, 6.07) is 0. The van der Waals surface area contributed by atoms with E-state index in [1.54, 1.807) is 6.08 Å². The van der Waals surface area contributed by atoms with Gasteiger partial charge in [-0.25, -0.2) is 4.79 Å². The summed E-state index contributed by atoms with van der Waals surface area (Å²) in [5, 5.41) is 0. The molecule has 3 aliphatic carbocycles. The third-order valence-electron chi connectivity index (χ3n) is 8.64. The van der Waals surface area contributed by atoms with Gasteiger partial charge >= 0.3 is 11.9 Å². The zero-order chi connectivity index (χ0) is 23.0. The molecular formula is C25H39NO5. The zero-order valence-electron chi connectivity index (χ0n) is 20.0. The Morgan fingerprint density at radius 2 is 1.94 bits per heavy atom. The van der Waals surface area contributed by atoms with Crippen LogP contribution in [0.15, 0.2) is 11.6 Å². The van der Waals surface area contributed by atoms with E-state index in [9.17, 15) is 14.4 Å². The van der Waals surface area contributed by atoms with Gasteiger partial charge in [-0.2, -0.15) is 0 Å². The number of fused-ring (bicyclic) bond motifs is 3. The Labute approximate surface area is 186 Å². The SMILES string of the molecule is COC(=O)[C@@]1(C)CCC[C@]2(C)[C@H]3CCC(=CC(=O)OCCN(C)C)[C@H](C)[C@@H]3C(=O)C[C@@H]21. The van der Waals surface area contributed by atoms with Gasteiger partial charge in [-0.15, -0.1) is 0 Å². The average Bonchev–Trinajstić information content (AvgIpc) is 2.70. The number of hydrogen-bond donors (Lipinski definition) is 0. The van der Waals surface area contributed by atoms with Crippen LogP contribution in [-0.2, 0) is 23.9 Å². The van der Waals surface area contributed by atoms with Crippen molar-refractivity contribution < 1.29 is 23.9 Å². The molecule has 6 nitrogen and oxygen atoms in total. The quantitative estimate of drug-likeness (QED) is 0.487. The maximum atomic E-state index is 13.4. The van der Waals surface area contributed by atoms with E-state index in [0.29, 0.717) is 19.6 Å². The van der Waals surface area contributed by atoms with E-state index < -0.39 is 5.41 Å². The number of allylic oxidation sites excluding steroid dienone is 1. The molecule has 31 heavy (non-hydrogen) atoms. The van der Waals surface area contributed by atoms with Crippen molar-refractivity contribution in [3.63, 3.8) is 0 Å². The smallest absolute Gasteiger partial charge is 0.330 e. The molecule has 3 saturated carbocycles. The highest BCUT2D eigenvalue weighted by molar-refractivity contribution is 5.87. The Hall–Kier alpha value is -1.69. The van der Waals surface area contributed by atoms with Gasteiger partial charge in [0.15, 0.2) is 0 Å². The van der Waals surface area contributed by atoms with E-state index >= 15 is 0 Å². The molecule has 3 fully saturated rings. The molecule has 0 unspecified atom stereocenters. The van der Waals surface area contributed by atoms with Crippen LogP contribution in [0.2, 0.25) is 0 Å². The van der Waals surface area contributed by atoms with Crippen LogP contribution in [0.1, 0.15) is 59.3 Å². The summed E-state index contributed by atoms with van der Waals surface area (Å²) in [5.74, 6) is -0.0650. The minimum Gasteiger partial charge on any atom is -0.469 e. The van der Waals surface area contributed by atoms with Crippen molar-refractivity contribution in [3.05, 3.63) is 11.6 Å².